The number of benzene rings is 3. The summed E-state index contributed by atoms with van der Waals surface area (Å²) in [6, 6.07) is 31.1. The van der Waals surface area contributed by atoms with Gasteiger partial charge in [0.05, 0.1) is 11.5 Å². The second-order valence-electron chi connectivity index (χ2n) is 8.81. The maximum Gasteiger partial charge on any atom is 0.146 e. The van der Waals surface area contributed by atoms with Gasteiger partial charge < -0.3 is 9.67 Å². The van der Waals surface area contributed by atoms with Crippen LogP contribution in [0.3, 0.4) is 0 Å². The first-order valence-corrected chi connectivity index (χ1v) is 11.8. The molecule has 2 aromatic heterocycles. The summed E-state index contributed by atoms with van der Waals surface area (Å²) >= 11 is 6.64. The summed E-state index contributed by atoms with van der Waals surface area (Å²) in [6.07, 6.45) is 2.77. The summed E-state index contributed by atoms with van der Waals surface area (Å²) in [5.41, 5.74) is 3.86. The van der Waals surface area contributed by atoms with Gasteiger partial charge in [-0.3, -0.25) is 0 Å². The van der Waals surface area contributed by atoms with Crippen molar-refractivity contribution in [2.45, 2.75) is 25.5 Å². The normalized spacial score (nSPS) is 12.9. The maximum absolute atomic E-state index is 11.2. The highest BCUT2D eigenvalue weighted by Gasteiger charge is 2.40. The quantitative estimate of drug-likeness (QED) is 0.225. The van der Waals surface area contributed by atoms with Crippen LogP contribution in [-0.2, 0) is 5.54 Å². The van der Waals surface area contributed by atoms with Crippen LogP contribution in [0.15, 0.2) is 104 Å². The van der Waals surface area contributed by atoms with Crippen molar-refractivity contribution < 1.29 is 5.11 Å². The zero-order valence-corrected chi connectivity index (χ0v) is 19.9. The lowest BCUT2D eigenvalue weighted by molar-refractivity contribution is 0.128. The van der Waals surface area contributed by atoms with E-state index < -0.39 is 11.6 Å². The summed E-state index contributed by atoms with van der Waals surface area (Å²) in [5, 5.41) is 12.2. The third-order valence-corrected chi connectivity index (χ3v) is 6.74. The number of halogens is 1. The molecule has 0 fully saturated rings. The third-order valence-electron chi connectivity index (χ3n) is 6.45. The zero-order valence-electron chi connectivity index (χ0n) is 19.1. The predicted molar refractivity (Wildman–Crippen MR) is 137 cm³/mol. The first kappa shape index (κ1) is 22.3. The summed E-state index contributed by atoms with van der Waals surface area (Å²) in [4.78, 5) is 8.96. The standard InChI is InChI=1S/C29H26ClN3O/c1-20(2)26(34)24-18-33(28-25(24)27(30)31-19-32-28)29(21-12-6-3-7-13-21,22-14-8-4-9-15-22)23-16-10-5-11-17-23/h3-20,26,34H,1-2H3. The van der Waals surface area contributed by atoms with Gasteiger partial charge in [-0.15, -0.1) is 0 Å². The number of rotatable bonds is 6. The summed E-state index contributed by atoms with van der Waals surface area (Å²) in [5.74, 6) is -0.00472. The van der Waals surface area contributed by atoms with E-state index in [0.29, 0.717) is 16.2 Å². The van der Waals surface area contributed by atoms with Crippen LogP contribution in [-0.4, -0.2) is 19.6 Å². The van der Waals surface area contributed by atoms with Crippen molar-refractivity contribution >= 4 is 22.6 Å². The molecule has 1 N–H and O–H groups in total. The average molecular weight is 468 g/mol. The van der Waals surface area contributed by atoms with Gasteiger partial charge in [-0.1, -0.05) is 116 Å². The van der Waals surface area contributed by atoms with Crippen molar-refractivity contribution in [2.75, 3.05) is 0 Å². The van der Waals surface area contributed by atoms with Crippen molar-refractivity contribution in [3.05, 3.63) is 131 Å². The van der Waals surface area contributed by atoms with E-state index >= 15 is 0 Å². The second-order valence-corrected chi connectivity index (χ2v) is 9.17. The molecule has 3 aromatic carbocycles. The van der Waals surface area contributed by atoms with Gasteiger partial charge in [-0.05, 0) is 22.6 Å². The first-order chi connectivity index (χ1) is 16.5. The van der Waals surface area contributed by atoms with Crippen molar-refractivity contribution in [1.29, 1.82) is 0 Å². The molecular formula is C29H26ClN3O. The lowest BCUT2D eigenvalue weighted by Gasteiger charge is -2.38. The topological polar surface area (TPSA) is 50.9 Å². The fourth-order valence-electron chi connectivity index (χ4n) is 4.85. The molecule has 0 saturated heterocycles. The van der Waals surface area contributed by atoms with Crippen molar-refractivity contribution in [3.8, 4) is 0 Å². The molecule has 0 aliphatic carbocycles. The fraction of sp³-hybridized carbons (Fsp3) is 0.172. The van der Waals surface area contributed by atoms with Crippen LogP contribution in [0.5, 0.6) is 0 Å². The van der Waals surface area contributed by atoms with Gasteiger partial charge in [-0.2, -0.15) is 0 Å². The van der Waals surface area contributed by atoms with E-state index in [4.69, 9.17) is 16.6 Å². The molecule has 2 heterocycles. The molecule has 0 aliphatic rings. The third kappa shape index (κ3) is 3.51. The molecule has 5 rings (SSSR count). The highest BCUT2D eigenvalue weighted by Crippen LogP contribution is 2.45. The molecule has 5 heteroatoms. The van der Waals surface area contributed by atoms with E-state index in [-0.39, 0.29) is 5.92 Å². The highest BCUT2D eigenvalue weighted by molar-refractivity contribution is 6.34. The number of aliphatic hydroxyl groups is 1. The highest BCUT2D eigenvalue weighted by atomic mass is 35.5. The molecule has 5 aromatic rings. The molecule has 170 valence electrons. The van der Waals surface area contributed by atoms with E-state index in [1.807, 2.05) is 74.6 Å². The van der Waals surface area contributed by atoms with Gasteiger partial charge in [0.25, 0.3) is 0 Å². The molecule has 0 bridgehead atoms. The molecular weight excluding hydrogens is 442 g/mol. The molecule has 34 heavy (non-hydrogen) atoms. The number of hydrogen-bond acceptors (Lipinski definition) is 3. The largest absolute Gasteiger partial charge is 0.388 e. The van der Waals surface area contributed by atoms with Gasteiger partial charge in [0.2, 0.25) is 0 Å². The van der Waals surface area contributed by atoms with Crippen LogP contribution >= 0.6 is 11.6 Å². The minimum atomic E-state index is -0.755. The molecule has 0 spiro atoms. The minimum absolute atomic E-state index is 0.00472. The number of aromatic nitrogens is 3. The number of fused-ring (bicyclic) bond motifs is 1. The zero-order chi connectivity index (χ0) is 23.7. The Morgan fingerprint density at radius 2 is 1.24 bits per heavy atom. The first-order valence-electron chi connectivity index (χ1n) is 11.4. The van der Waals surface area contributed by atoms with E-state index in [1.165, 1.54) is 6.33 Å². The van der Waals surface area contributed by atoms with E-state index in [0.717, 1.165) is 22.3 Å². The lowest BCUT2D eigenvalue weighted by Crippen LogP contribution is -2.37. The summed E-state index contributed by atoms with van der Waals surface area (Å²) < 4.78 is 2.15. The van der Waals surface area contributed by atoms with Crippen LogP contribution in [0, 0.1) is 5.92 Å². The average Bonchev–Trinajstić information content (AvgIpc) is 3.27. The molecule has 1 unspecified atom stereocenters. The van der Waals surface area contributed by atoms with Crippen molar-refractivity contribution in [3.63, 3.8) is 0 Å². The van der Waals surface area contributed by atoms with E-state index in [2.05, 4.69) is 45.9 Å². The molecule has 4 nitrogen and oxygen atoms in total. The van der Waals surface area contributed by atoms with Crippen molar-refractivity contribution in [2.24, 2.45) is 5.92 Å². The molecule has 1 atom stereocenters. The Kier molecular flexibility index (Phi) is 5.94. The van der Waals surface area contributed by atoms with E-state index in [1.54, 1.807) is 0 Å². The Balaban J connectivity index is 1.99. The Bertz CT molecular complexity index is 1300. The smallest absolute Gasteiger partial charge is 0.146 e. The number of hydrogen-bond donors (Lipinski definition) is 1. The van der Waals surface area contributed by atoms with Gasteiger partial charge in [0.1, 0.15) is 22.7 Å². The van der Waals surface area contributed by atoms with Crippen LogP contribution in [0.2, 0.25) is 5.15 Å². The second kappa shape index (κ2) is 9.05. The van der Waals surface area contributed by atoms with Crippen LogP contribution < -0.4 is 0 Å². The van der Waals surface area contributed by atoms with Gasteiger partial charge in [0.15, 0.2) is 0 Å². The Morgan fingerprint density at radius 3 is 1.68 bits per heavy atom. The van der Waals surface area contributed by atoms with Gasteiger partial charge in [-0.25, -0.2) is 9.97 Å². The van der Waals surface area contributed by atoms with Gasteiger partial charge in [0, 0.05) is 11.8 Å². The molecule has 0 aliphatic heterocycles. The number of nitrogens with zero attached hydrogens (tertiary/aromatic N) is 3. The van der Waals surface area contributed by atoms with Crippen LogP contribution in [0.1, 0.15) is 42.2 Å². The number of aliphatic hydroxyl groups excluding tert-OH is 1. The lowest BCUT2D eigenvalue weighted by atomic mass is 9.76. The molecule has 0 amide bonds. The van der Waals surface area contributed by atoms with Crippen molar-refractivity contribution in [1.82, 2.24) is 14.5 Å². The minimum Gasteiger partial charge on any atom is -0.388 e. The molecule has 0 radical (unpaired) electrons. The van der Waals surface area contributed by atoms with Gasteiger partial charge >= 0.3 is 0 Å². The van der Waals surface area contributed by atoms with Crippen LogP contribution in [0.4, 0.5) is 0 Å². The predicted octanol–water partition coefficient (Wildman–Crippen LogP) is 6.61. The Morgan fingerprint density at radius 1 is 0.765 bits per heavy atom. The SMILES string of the molecule is CC(C)C(O)c1cn(C(c2ccccc2)(c2ccccc2)c2ccccc2)c2ncnc(Cl)c12. The Hall–Kier alpha value is -3.47. The Labute approximate surface area is 204 Å². The van der Waals surface area contributed by atoms with E-state index in [9.17, 15) is 5.11 Å². The summed E-state index contributed by atoms with van der Waals surface area (Å²) in [6.45, 7) is 3.98. The molecule has 0 saturated carbocycles. The maximum atomic E-state index is 11.2. The van der Waals surface area contributed by atoms with Crippen LogP contribution in [0.25, 0.3) is 11.0 Å². The summed E-state index contributed by atoms with van der Waals surface area (Å²) in [7, 11) is 0. The fourth-order valence-corrected chi connectivity index (χ4v) is 5.08. The monoisotopic (exact) mass is 467 g/mol.